The van der Waals surface area contributed by atoms with Crippen molar-refractivity contribution in [3.8, 4) is 5.75 Å². The molecular weight excluding hydrogens is 388 g/mol. The van der Waals surface area contributed by atoms with E-state index in [1.807, 2.05) is 19.1 Å². The van der Waals surface area contributed by atoms with Gasteiger partial charge >= 0.3 is 0 Å². The molecule has 0 aliphatic carbocycles. The van der Waals surface area contributed by atoms with Crippen LogP contribution in [0.1, 0.15) is 72.7 Å². The summed E-state index contributed by atoms with van der Waals surface area (Å²) < 4.78 is 5.53. The number of ether oxygens (including phenoxy) is 1. The number of amides is 1. The van der Waals surface area contributed by atoms with E-state index in [0.717, 1.165) is 56.4 Å². The van der Waals surface area contributed by atoms with Crippen molar-refractivity contribution in [3.63, 3.8) is 0 Å². The smallest absolute Gasteiger partial charge is 0.251 e. The Morgan fingerprint density at radius 1 is 1.00 bits per heavy atom. The minimum Gasteiger partial charge on any atom is -0.496 e. The molecule has 5 nitrogen and oxygen atoms in total. The molecule has 0 radical (unpaired) electrons. The number of aryl methyl sites for hydroxylation is 2. The molecule has 3 N–H and O–H groups in total. The van der Waals surface area contributed by atoms with Gasteiger partial charge in [-0.15, -0.1) is 0 Å². The van der Waals surface area contributed by atoms with Crippen LogP contribution in [0.15, 0.2) is 42.5 Å². The van der Waals surface area contributed by atoms with Gasteiger partial charge in [0.25, 0.3) is 5.91 Å². The van der Waals surface area contributed by atoms with Crippen LogP contribution in [-0.2, 0) is 12.8 Å². The Kier molecular flexibility index (Phi) is 11.1. The zero-order valence-corrected chi connectivity index (χ0v) is 19.2. The van der Waals surface area contributed by atoms with Gasteiger partial charge in [-0.25, -0.2) is 0 Å². The van der Waals surface area contributed by atoms with Crippen molar-refractivity contribution in [3.05, 3.63) is 64.7 Å². The lowest BCUT2D eigenvalue weighted by Gasteiger charge is -2.13. The topological polar surface area (TPSA) is 70.6 Å². The summed E-state index contributed by atoms with van der Waals surface area (Å²) in [4.78, 5) is 11.9. The largest absolute Gasteiger partial charge is 0.496 e. The molecule has 0 saturated carbocycles. The Hall–Kier alpha value is -2.37. The summed E-state index contributed by atoms with van der Waals surface area (Å²) in [7, 11) is 1.74. The summed E-state index contributed by atoms with van der Waals surface area (Å²) in [6, 6.07) is 13.7. The van der Waals surface area contributed by atoms with E-state index in [9.17, 15) is 9.90 Å². The minimum atomic E-state index is -0.580. The SMILES string of the molecule is CCCNC(=O)c1ccc(C(O)CNCCCCc2ccc(CCC)c(OC)c2)cc1. The van der Waals surface area contributed by atoms with E-state index in [1.54, 1.807) is 19.2 Å². The van der Waals surface area contributed by atoms with Crippen molar-refractivity contribution in [1.29, 1.82) is 0 Å². The van der Waals surface area contributed by atoms with Gasteiger partial charge in [0, 0.05) is 18.7 Å². The lowest BCUT2D eigenvalue weighted by molar-refractivity contribution is 0.0953. The molecule has 0 aliphatic rings. The number of nitrogens with one attached hydrogen (secondary N) is 2. The van der Waals surface area contributed by atoms with Crippen LogP contribution >= 0.6 is 0 Å². The third-order valence-electron chi connectivity index (χ3n) is 5.37. The second-order valence-corrected chi connectivity index (χ2v) is 7.95. The summed E-state index contributed by atoms with van der Waals surface area (Å²) in [5.41, 5.74) is 4.02. The maximum absolute atomic E-state index is 11.9. The predicted molar refractivity (Wildman–Crippen MR) is 127 cm³/mol. The molecule has 0 spiro atoms. The van der Waals surface area contributed by atoms with Gasteiger partial charge in [0.15, 0.2) is 0 Å². The van der Waals surface area contributed by atoms with Crippen LogP contribution in [0.3, 0.4) is 0 Å². The van der Waals surface area contributed by atoms with Gasteiger partial charge in [0.2, 0.25) is 0 Å². The molecule has 170 valence electrons. The molecule has 31 heavy (non-hydrogen) atoms. The number of carbonyl (C=O) groups excluding carboxylic acids is 1. The molecule has 0 aromatic heterocycles. The minimum absolute atomic E-state index is 0.0707. The van der Waals surface area contributed by atoms with E-state index in [2.05, 4.69) is 35.8 Å². The number of benzene rings is 2. The summed E-state index contributed by atoms with van der Waals surface area (Å²) in [6.07, 6.45) is 5.64. The molecule has 2 aromatic rings. The third-order valence-corrected chi connectivity index (χ3v) is 5.37. The number of rotatable bonds is 14. The van der Waals surface area contributed by atoms with Crippen LogP contribution in [-0.4, -0.2) is 37.8 Å². The van der Waals surface area contributed by atoms with Crippen molar-refractivity contribution in [2.24, 2.45) is 0 Å². The van der Waals surface area contributed by atoms with E-state index in [0.29, 0.717) is 18.7 Å². The van der Waals surface area contributed by atoms with Crippen LogP contribution in [0.5, 0.6) is 5.75 Å². The average Bonchev–Trinajstić information content (AvgIpc) is 2.80. The second kappa shape index (κ2) is 13.8. The Bertz CT molecular complexity index is 790. The highest BCUT2D eigenvalue weighted by atomic mass is 16.5. The molecule has 2 aromatic carbocycles. The second-order valence-electron chi connectivity index (χ2n) is 7.95. The van der Waals surface area contributed by atoms with Crippen molar-refractivity contribution < 1.29 is 14.6 Å². The molecule has 2 rings (SSSR count). The monoisotopic (exact) mass is 426 g/mol. The van der Waals surface area contributed by atoms with Gasteiger partial charge in [-0.2, -0.15) is 0 Å². The lowest BCUT2D eigenvalue weighted by Crippen LogP contribution is -2.24. The number of carbonyl (C=O) groups is 1. The van der Waals surface area contributed by atoms with E-state index in [-0.39, 0.29) is 5.91 Å². The first-order valence-corrected chi connectivity index (χ1v) is 11.5. The van der Waals surface area contributed by atoms with Crippen LogP contribution in [0, 0.1) is 0 Å². The normalized spacial score (nSPS) is 11.9. The molecule has 0 aliphatic heterocycles. The number of unbranched alkanes of at least 4 members (excludes halogenated alkanes) is 1. The maximum Gasteiger partial charge on any atom is 0.251 e. The maximum atomic E-state index is 11.9. The fraction of sp³-hybridized carbons (Fsp3) is 0.500. The predicted octanol–water partition coefficient (Wildman–Crippen LogP) is 4.43. The molecule has 1 atom stereocenters. The van der Waals surface area contributed by atoms with Gasteiger partial charge in [-0.05, 0) is 73.5 Å². The van der Waals surface area contributed by atoms with E-state index < -0.39 is 6.10 Å². The number of aliphatic hydroxyl groups excluding tert-OH is 1. The van der Waals surface area contributed by atoms with Crippen LogP contribution in [0.4, 0.5) is 0 Å². The van der Waals surface area contributed by atoms with Gasteiger partial charge in [0.1, 0.15) is 5.75 Å². The molecule has 0 saturated heterocycles. The quantitative estimate of drug-likeness (QED) is 0.391. The first-order valence-electron chi connectivity index (χ1n) is 11.5. The summed E-state index contributed by atoms with van der Waals surface area (Å²) in [5, 5.41) is 16.6. The Morgan fingerprint density at radius 2 is 1.77 bits per heavy atom. The lowest BCUT2D eigenvalue weighted by atomic mass is 10.0. The summed E-state index contributed by atoms with van der Waals surface area (Å²) in [5.74, 6) is 0.924. The molecular formula is C26H38N2O3. The molecule has 0 bridgehead atoms. The Labute approximate surface area is 187 Å². The van der Waals surface area contributed by atoms with E-state index >= 15 is 0 Å². The first-order chi connectivity index (χ1) is 15.1. The fourth-order valence-corrected chi connectivity index (χ4v) is 3.55. The van der Waals surface area contributed by atoms with E-state index in [1.165, 1.54) is 11.1 Å². The van der Waals surface area contributed by atoms with Gasteiger partial charge < -0.3 is 20.5 Å². The van der Waals surface area contributed by atoms with Crippen molar-refractivity contribution in [2.75, 3.05) is 26.7 Å². The molecule has 1 unspecified atom stereocenters. The molecule has 1 amide bonds. The van der Waals surface area contributed by atoms with Crippen molar-refractivity contribution in [1.82, 2.24) is 10.6 Å². The Balaban J connectivity index is 1.68. The molecule has 5 heteroatoms. The molecule has 0 fully saturated rings. The van der Waals surface area contributed by atoms with Crippen LogP contribution in [0.25, 0.3) is 0 Å². The summed E-state index contributed by atoms with van der Waals surface area (Å²) in [6.45, 7) is 6.24. The van der Waals surface area contributed by atoms with Gasteiger partial charge in [-0.1, -0.05) is 44.5 Å². The molecule has 0 heterocycles. The van der Waals surface area contributed by atoms with Gasteiger partial charge in [0.05, 0.1) is 13.2 Å². The van der Waals surface area contributed by atoms with E-state index in [4.69, 9.17) is 4.74 Å². The van der Waals surface area contributed by atoms with Crippen LogP contribution < -0.4 is 15.4 Å². The standard InChI is InChI=1S/C26H38N2O3/c1-4-8-22-11-10-20(18-25(22)31-3)9-6-7-17-27-19-24(29)21-12-14-23(15-13-21)26(30)28-16-5-2/h10-15,18,24,27,29H,4-9,16-17,19H2,1-3H3,(H,28,30). The highest BCUT2D eigenvalue weighted by Crippen LogP contribution is 2.22. The number of hydrogen-bond donors (Lipinski definition) is 3. The van der Waals surface area contributed by atoms with Crippen molar-refractivity contribution >= 4 is 5.91 Å². The third kappa shape index (κ3) is 8.35. The summed E-state index contributed by atoms with van der Waals surface area (Å²) >= 11 is 0. The fourth-order valence-electron chi connectivity index (χ4n) is 3.55. The number of methoxy groups -OCH3 is 1. The van der Waals surface area contributed by atoms with Crippen molar-refractivity contribution in [2.45, 2.75) is 58.5 Å². The number of hydrogen-bond acceptors (Lipinski definition) is 4. The van der Waals surface area contributed by atoms with Gasteiger partial charge in [-0.3, -0.25) is 4.79 Å². The Morgan fingerprint density at radius 3 is 2.45 bits per heavy atom. The highest BCUT2D eigenvalue weighted by molar-refractivity contribution is 5.94. The number of aliphatic hydroxyl groups is 1. The zero-order valence-electron chi connectivity index (χ0n) is 19.2. The van der Waals surface area contributed by atoms with Crippen LogP contribution in [0.2, 0.25) is 0 Å². The first kappa shape index (κ1) is 24.9. The average molecular weight is 427 g/mol. The highest BCUT2D eigenvalue weighted by Gasteiger charge is 2.09. The zero-order chi connectivity index (χ0) is 22.5.